The maximum absolute atomic E-state index is 13.5. The fraction of sp³-hybridized carbons (Fsp3) is 0.588. The van der Waals surface area contributed by atoms with Gasteiger partial charge in [-0.15, -0.1) is 0 Å². The smallest absolute Gasteiger partial charge is 0.223 e. The van der Waals surface area contributed by atoms with Crippen molar-refractivity contribution in [2.75, 3.05) is 26.2 Å². The van der Waals surface area contributed by atoms with Gasteiger partial charge in [0.1, 0.15) is 5.82 Å². The van der Waals surface area contributed by atoms with E-state index >= 15 is 0 Å². The van der Waals surface area contributed by atoms with Gasteiger partial charge in [0.05, 0.1) is 6.10 Å². The Kier molecular flexibility index (Phi) is 4.45. The zero-order valence-electron chi connectivity index (χ0n) is 12.9. The molecule has 1 amide bonds. The Balaban J connectivity index is 1.68. The summed E-state index contributed by atoms with van der Waals surface area (Å²) < 4.78 is 13.5. The zero-order valence-corrected chi connectivity index (χ0v) is 12.9. The summed E-state index contributed by atoms with van der Waals surface area (Å²) in [5, 5.41) is 13.0. The Bertz CT molecular complexity index is 564. The van der Waals surface area contributed by atoms with Crippen LogP contribution in [0.2, 0.25) is 0 Å². The predicted molar refractivity (Wildman–Crippen MR) is 82.1 cm³/mol. The number of hydrogen-bond acceptors (Lipinski definition) is 3. The number of amides is 1. The number of aliphatic hydroxyl groups is 1. The Morgan fingerprint density at radius 1 is 1.45 bits per heavy atom. The molecule has 1 aromatic carbocycles. The Morgan fingerprint density at radius 3 is 3.00 bits per heavy atom. The molecule has 120 valence electrons. The number of β-amino-alcohol motifs (C(OH)–C–C–N with tert-alkyl or cyclic N) is 1. The number of nitrogens with zero attached hydrogens (tertiary/aromatic N) is 1. The van der Waals surface area contributed by atoms with E-state index in [0.29, 0.717) is 32.6 Å². The monoisotopic (exact) mass is 306 g/mol. The topological polar surface area (TPSA) is 52.6 Å². The highest BCUT2D eigenvalue weighted by Crippen LogP contribution is 2.27. The number of fused-ring (bicyclic) bond motifs is 1. The van der Waals surface area contributed by atoms with Gasteiger partial charge in [-0.2, -0.15) is 0 Å². The summed E-state index contributed by atoms with van der Waals surface area (Å²) >= 11 is 0. The quantitative estimate of drug-likeness (QED) is 0.865. The minimum absolute atomic E-state index is 0.00544. The van der Waals surface area contributed by atoms with Crippen molar-refractivity contribution >= 4 is 5.91 Å². The fourth-order valence-electron chi connectivity index (χ4n) is 3.54. The highest BCUT2D eigenvalue weighted by atomic mass is 19.1. The summed E-state index contributed by atoms with van der Waals surface area (Å²) in [5.74, 6) is 0.00747. The first-order valence-corrected chi connectivity index (χ1v) is 7.99. The van der Waals surface area contributed by atoms with Gasteiger partial charge in [0.15, 0.2) is 0 Å². The van der Waals surface area contributed by atoms with E-state index in [1.165, 1.54) is 6.07 Å². The van der Waals surface area contributed by atoms with E-state index in [1.54, 1.807) is 6.07 Å². The molecule has 1 fully saturated rings. The van der Waals surface area contributed by atoms with Crippen molar-refractivity contribution in [1.29, 1.82) is 0 Å². The van der Waals surface area contributed by atoms with E-state index in [2.05, 4.69) is 5.32 Å². The largest absolute Gasteiger partial charge is 0.391 e. The molecule has 5 heteroatoms. The van der Waals surface area contributed by atoms with Crippen LogP contribution in [-0.2, 0) is 11.2 Å². The van der Waals surface area contributed by atoms with Crippen LogP contribution in [0.4, 0.5) is 4.39 Å². The summed E-state index contributed by atoms with van der Waals surface area (Å²) in [7, 11) is 0. The van der Waals surface area contributed by atoms with E-state index in [0.717, 1.165) is 17.5 Å². The van der Waals surface area contributed by atoms with Gasteiger partial charge in [0, 0.05) is 38.5 Å². The third-order valence-corrected chi connectivity index (χ3v) is 4.88. The second kappa shape index (κ2) is 6.34. The lowest BCUT2D eigenvalue weighted by Crippen LogP contribution is -2.36. The highest BCUT2D eigenvalue weighted by Gasteiger charge is 2.30. The zero-order chi connectivity index (χ0) is 15.7. The lowest BCUT2D eigenvalue weighted by Gasteiger charge is -2.25. The van der Waals surface area contributed by atoms with Crippen LogP contribution in [0.15, 0.2) is 18.2 Å². The molecule has 1 saturated heterocycles. The van der Waals surface area contributed by atoms with Gasteiger partial charge in [-0.1, -0.05) is 13.0 Å². The number of halogens is 1. The van der Waals surface area contributed by atoms with Gasteiger partial charge in [-0.25, -0.2) is 4.39 Å². The molecule has 0 aliphatic carbocycles. The van der Waals surface area contributed by atoms with Crippen LogP contribution in [0, 0.1) is 11.7 Å². The first-order valence-electron chi connectivity index (χ1n) is 7.99. The molecule has 4 nitrogen and oxygen atoms in total. The Labute approximate surface area is 130 Å². The van der Waals surface area contributed by atoms with Crippen LogP contribution < -0.4 is 5.32 Å². The van der Waals surface area contributed by atoms with E-state index in [4.69, 9.17) is 0 Å². The molecule has 1 aromatic rings. The van der Waals surface area contributed by atoms with Crippen LogP contribution in [0.3, 0.4) is 0 Å². The van der Waals surface area contributed by atoms with Gasteiger partial charge < -0.3 is 15.3 Å². The van der Waals surface area contributed by atoms with Crippen molar-refractivity contribution in [2.24, 2.45) is 5.92 Å². The van der Waals surface area contributed by atoms with Crippen molar-refractivity contribution in [1.82, 2.24) is 10.2 Å². The highest BCUT2D eigenvalue weighted by molar-refractivity contribution is 5.77. The molecule has 0 saturated carbocycles. The Morgan fingerprint density at radius 2 is 2.27 bits per heavy atom. The molecular weight excluding hydrogens is 283 g/mol. The normalized spacial score (nSPS) is 28.3. The van der Waals surface area contributed by atoms with Gasteiger partial charge in [-0.05, 0) is 35.6 Å². The molecule has 0 bridgehead atoms. The van der Waals surface area contributed by atoms with Crippen molar-refractivity contribution in [2.45, 2.75) is 31.8 Å². The third kappa shape index (κ3) is 3.15. The standard InChI is InChI=1S/C17H23FN2O2/c1-11-10-20(17(22)6-13-8-19-9-16(13)21)5-4-12-2-3-14(18)7-15(11)12/h2-3,7,11,13,16,19,21H,4-6,8-10H2,1H3/t11?,13-,16-/m1/s1. The lowest BCUT2D eigenvalue weighted by molar-refractivity contribution is -0.132. The molecule has 0 aromatic heterocycles. The third-order valence-electron chi connectivity index (χ3n) is 4.88. The average molecular weight is 306 g/mol. The lowest BCUT2D eigenvalue weighted by atomic mass is 9.95. The van der Waals surface area contributed by atoms with Crippen molar-refractivity contribution in [3.8, 4) is 0 Å². The SMILES string of the molecule is CC1CN(C(=O)C[C@@H]2CNC[C@H]2O)CCc2ccc(F)cc21. The molecule has 2 N–H and O–H groups in total. The summed E-state index contributed by atoms with van der Waals surface area (Å²) in [6.45, 7) is 4.58. The molecule has 1 unspecified atom stereocenters. The van der Waals surface area contributed by atoms with E-state index < -0.39 is 6.10 Å². The number of hydrogen-bond donors (Lipinski definition) is 2. The molecule has 0 radical (unpaired) electrons. The van der Waals surface area contributed by atoms with Crippen LogP contribution in [0.1, 0.15) is 30.4 Å². The number of nitrogens with one attached hydrogen (secondary N) is 1. The predicted octanol–water partition coefficient (Wildman–Crippen LogP) is 1.28. The van der Waals surface area contributed by atoms with E-state index in [9.17, 15) is 14.3 Å². The maximum atomic E-state index is 13.5. The van der Waals surface area contributed by atoms with Gasteiger partial charge in [0.25, 0.3) is 0 Å². The fourth-order valence-corrected chi connectivity index (χ4v) is 3.54. The molecule has 0 spiro atoms. The van der Waals surface area contributed by atoms with Gasteiger partial charge in [0.2, 0.25) is 5.91 Å². The van der Waals surface area contributed by atoms with Crippen molar-refractivity contribution in [3.63, 3.8) is 0 Å². The average Bonchev–Trinajstić information content (AvgIpc) is 2.81. The molecule has 22 heavy (non-hydrogen) atoms. The molecule has 3 rings (SSSR count). The summed E-state index contributed by atoms with van der Waals surface area (Å²) in [4.78, 5) is 14.4. The van der Waals surface area contributed by atoms with Crippen LogP contribution in [0.25, 0.3) is 0 Å². The van der Waals surface area contributed by atoms with Crippen LogP contribution in [0.5, 0.6) is 0 Å². The molecule has 2 aliphatic heterocycles. The van der Waals surface area contributed by atoms with Gasteiger partial charge in [-0.3, -0.25) is 4.79 Å². The molecule has 2 aliphatic rings. The van der Waals surface area contributed by atoms with Crippen molar-refractivity contribution < 1.29 is 14.3 Å². The molecular formula is C17H23FN2O2. The Hall–Kier alpha value is -1.46. The molecule has 3 atom stereocenters. The number of carbonyl (C=O) groups is 1. The maximum Gasteiger partial charge on any atom is 0.223 e. The van der Waals surface area contributed by atoms with Crippen LogP contribution in [-0.4, -0.2) is 48.2 Å². The summed E-state index contributed by atoms with van der Waals surface area (Å²) in [6, 6.07) is 4.92. The number of aliphatic hydroxyl groups excluding tert-OH is 1. The number of benzene rings is 1. The van der Waals surface area contributed by atoms with E-state index in [1.807, 2.05) is 17.9 Å². The number of rotatable bonds is 2. The second-order valence-corrected chi connectivity index (χ2v) is 6.52. The first-order chi connectivity index (χ1) is 10.5. The van der Waals surface area contributed by atoms with Crippen molar-refractivity contribution in [3.05, 3.63) is 35.1 Å². The van der Waals surface area contributed by atoms with Gasteiger partial charge >= 0.3 is 0 Å². The molecule has 2 heterocycles. The summed E-state index contributed by atoms with van der Waals surface area (Å²) in [6.07, 6.45) is 0.711. The first kappa shape index (κ1) is 15.4. The van der Waals surface area contributed by atoms with E-state index in [-0.39, 0.29) is 23.6 Å². The second-order valence-electron chi connectivity index (χ2n) is 6.52. The minimum atomic E-state index is -0.431. The minimum Gasteiger partial charge on any atom is -0.391 e. The van der Waals surface area contributed by atoms with Crippen LogP contribution >= 0.6 is 0 Å². The summed E-state index contributed by atoms with van der Waals surface area (Å²) in [5.41, 5.74) is 2.14. The number of carbonyl (C=O) groups excluding carboxylic acids is 1.